The van der Waals surface area contributed by atoms with E-state index in [-0.39, 0.29) is 0 Å². The molecule has 0 fully saturated rings. The van der Waals surface area contributed by atoms with Crippen LogP contribution in [-0.4, -0.2) is 0 Å². The first-order valence-electron chi connectivity index (χ1n) is 14.4. The minimum atomic E-state index is 0.897. The normalized spacial score (nSPS) is 12.2. The molecule has 0 atom stereocenters. The minimum absolute atomic E-state index is 0.897. The number of rotatable bonds is 3. The molecule has 9 rings (SSSR count). The highest BCUT2D eigenvalue weighted by atomic mass is 16.3. The number of furan rings is 1. The molecular formula is C40H25NO. The number of hydrogen-bond donors (Lipinski definition) is 0. The van der Waals surface area contributed by atoms with E-state index in [0.717, 1.165) is 33.3 Å². The van der Waals surface area contributed by atoms with Crippen molar-refractivity contribution < 1.29 is 4.42 Å². The maximum atomic E-state index is 6.42. The Bertz CT molecular complexity index is 2230. The molecule has 1 aliphatic heterocycles. The van der Waals surface area contributed by atoms with Crippen molar-refractivity contribution in [3.05, 3.63) is 152 Å². The average Bonchev–Trinajstić information content (AvgIpc) is 3.42. The second kappa shape index (κ2) is 8.95. The smallest absolute Gasteiger partial charge is 0.137 e. The van der Waals surface area contributed by atoms with Gasteiger partial charge in [0.25, 0.3) is 0 Å². The lowest BCUT2D eigenvalue weighted by molar-refractivity contribution is 0.669. The van der Waals surface area contributed by atoms with Gasteiger partial charge < -0.3 is 9.32 Å². The number of benzene rings is 7. The summed E-state index contributed by atoms with van der Waals surface area (Å²) in [7, 11) is 0. The molecule has 0 spiro atoms. The van der Waals surface area contributed by atoms with Gasteiger partial charge in [0, 0.05) is 33.5 Å². The van der Waals surface area contributed by atoms with Gasteiger partial charge in [-0.3, -0.25) is 0 Å². The van der Waals surface area contributed by atoms with Crippen molar-refractivity contribution in [2.45, 2.75) is 0 Å². The lowest BCUT2D eigenvalue weighted by Crippen LogP contribution is -2.15. The van der Waals surface area contributed by atoms with E-state index in [1.54, 1.807) is 0 Å². The van der Waals surface area contributed by atoms with E-state index in [4.69, 9.17) is 4.42 Å². The summed E-state index contributed by atoms with van der Waals surface area (Å²) < 4.78 is 6.42. The molecule has 0 unspecified atom stereocenters. The summed E-state index contributed by atoms with van der Waals surface area (Å²) in [6, 6.07) is 54.4. The fourth-order valence-corrected chi connectivity index (χ4v) is 6.64. The average molecular weight is 536 g/mol. The van der Waals surface area contributed by atoms with E-state index < -0.39 is 0 Å². The molecule has 2 nitrogen and oxygen atoms in total. The predicted octanol–water partition coefficient (Wildman–Crippen LogP) is 11.5. The zero-order chi connectivity index (χ0) is 27.6. The molecule has 42 heavy (non-hydrogen) atoms. The van der Waals surface area contributed by atoms with E-state index in [2.05, 4.69) is 150 Å². The highest BCUT2D eigenvalue weighted by Crippen LogP contribution is 2.53. The summed E-state index contributed by atoms with van der Waals surface area (Å²) >= 11 is 0. The van der Waals surface area contributed by atoms with Crippen LogP contribution >= 0.6 is 0 Å². The molecule has 8 aromatic rings. The van der Waals surface area contributed by atoms with Crippen LogP contribution in [0.4, 0.5) is 17.1 Å². The van der Waals surface area contributed by atoms with E-state index in [1.165, 1.54) is 49.8 Å². The first-order valence-corrected chi connectivity index (χ1v) is 14.4. The zero-order valence-corrected chi connectivity index (χ0v) is 22.8. The Morgan fingerprint density at radius 2 is 1.07 bits per heavy atom. The first kappa shape index (κ1) is 23.1. The van der Waals surface area contributed by atoms with Gasteiger partial charge in [0.1, 0.15) is 11.2 Å². The van der Waals surface area contributed by atoms with Crippen LogP contribution in [0.1, 0.15) is 0 Å². The van der Waals surface area contributed by atoms with E-state index in [0.29, 0.717) is 0 Å². The summed E-state index contributed by atoms with van der Waals surface area (Å²) in [6.45, 7) is 0. The lowest BCUT2D eigenvalue weighted by Gasteiger charge is -2.34. The highest BCUT2D eigenvalue weighted by molar-refractivity contribution is 6.17. The van der Waals surface area contributed by atoms with Gasteiger partial charge in [0.15, 0.2) is 0 Å². The summed E-state index contributed by atoms with van der Waals surface area (Å²) in [6.07, 6.45) is 0. The monoisotopic (exact) mass is 535 g/mol. The van der Waals surface area contributed by atoms with Crippen molar-refractivity contribution in [2.75, 3.05) is 4.90 Å². The van der Waals surface area contributed by atoms with Crippen LogP contribution in [0.2, 0.25) is 0 Å². The third-order valence-electron chi connectivity index (χ3n) is 8.54. The molecule has 2 heterocycles. The number of anilines is 3. The molecule has 0 saturated heterocycles. The molecule has 0 aliphatic carbocycles. The Morgan fingerprint density at radius 3 is 1.81 bits per heavy atom. The van der Waals surface area contributed by atoms with Gasteiger partial charge in [0.05, 0.1) is 11.4 Å². The van der Waals surface area contributed by atoms with Crippen molar-refractivity contribution in [3.63, 3.8) is 0 Å². The molecule has 0 radical (unpaired) electrons. The summed E-state index contributed by atoms with van der Waals surface area (Å²) in [5.41, 5.74) is 12.5. The minimum Gasteiger partial charge on any atom is -0.456 e. The van der Waals surface area contributed by atoms with Gasteiger partial charge in [-0.1, -0.05) is 109 Å². The lowest BCUT2D eigenvalue weighted by atomic mass is 9.89. The second-order valence-corrected chi connectivity index (χ2v) is 11.0. The Morgan fingerprint density at radius 1 is 0.405 bits per heavy atom. The van der Waals surface area contributed by atoms with Gasteiger partial charge >= 0.3 is 0 Å². The summed E-state index contributed by atoms with van der Waals surface area (Å²) in [4.78, 5) is 2.43. The fraction of sp³-hybridized carbons (Fsp3) is 0. The molecule has 0 N–H and O–H groups in total. The SMILES string of the molecule is c1ccc(-c2cc(-c3ccccc3)cc(N3c4cc5oc6ccccc6c5cc4-c4cccc5cccc3c45)c2)cc1. The van der Waals surface area contributed by atoms with Crippen LogP contribution < -0.4 is 4.90 Å². The number of hydrogen-bond acceptors (Lipinski definition) is 2. The third kappa shape index (κ3) is 3.45. The van der Waals surface area contributed by atoms with Gasteiger partial charge in [-0.05, 0) is 69.6 Å². The molecule has 0 saturated carbocycles. The molecule has 1 aliphatic rings. The van der Waals surface area contributed by atoms with Gasteiger partial charge in [0.2, 0.25) is 0 Å². The fourth-order valence-electron chi connectivity index (χ4n) is 6.64. The van der Waals surface area contributed by atoms with E-state index in [1.807, 2.05) is 6.07 Å². The van der Waals surface area contributed by atoms with Crippen molar-refractivity contribution in [2.24, 2.45) is 0 Å². The Kier molecular flexibility index (Phi) is 4.93. The molecule has 7 aromatic carbocycles. The number of fused-ring (bicyclic) bond motifs is 5. The predicted molar refractivity (Wildman–Crippen MR) is 176 cm³/mol. The van der Waals surface area contributed by atoms with Crippen molar-refractivity contribution in [1.29, 1.82) is 0 Å². The van der Waals surface area contributed by atoms with Gasteiger partial charge in [-0.15, -0.1) is 0 Å². The van der Waals surface area contributed by atoms with E-state index >= 15 is 0 Å². The third-order valence-corrected chi connectivity index (χ3v) is 8.54. The van der Waals surface area contributed by atoms with Crippen molar-refractivity contribution in [3.8, 4) is 33.4 Å². The van der Waals surface area contributed by atoms with Crippen LogP contribution in [0.5, 0.6) is 0 Å². The highest BCUT2D eigenvalue weighted by Gasteiger charge is 2.28. The quantitative estimate of drug-likeness (QED) is 0.224. The molecule has 0 bridgehead atoms. The Hall–Kier alpha value is -5.60. The molecule has 196 valence electrons. The van der Waals surface area contributed by atoms with Gasteiger partial charge in [-0.25, -0.2) is 0 Å². The maximum Gasteiger partial charge on any atom is 0.137 e. The first-order chi connectivity index (χ1) is 20.8. The molecule has 0 amide bonds. The number of para-hydroxylation sites is 1. The zero-order valence-electron chi connectivity index (χ0n) is 22.8. The Balaban J connectivity index is 1.38. The van der Waals surface area contributed by atoms with Crippen LogP contribution in [0.3, 0.4) is 0 Å². The second-order valence-electron chi connectivity index (χ2n) is 11.0. The maximum absolute atomic E-state index is 6.42. The largest absolute Gasteiger partial charge is 0.456 e. The van der Waals surface area contributed by atoms with Crippen LogP contribution in [0.25, 0.3) is 66.1 Å². The summed E-state index contributed by atoms with van der Waals surface area (Å²) in [5.74, 6) is 0. The number of nitrogens with zero attached hydrogens (tertiary/aromatic N) is 1. The van der Waals surface area contributed by atoms with Crippen LogP contribution in [0, 0.1) is 0 Å². The van der Waals surface area contributed by atoms with Gasteiger partial charge in [-0.2, -0.15) is 0 Å². The Labute approximate surface area is 243 Å². The molecule has 1 aromatic heterocycles. The van der Waals surface area contributed by atoms with E-state index in [9.17, 15) is 0 Å². The summed E-state index contributed by atoms with van der Waals surface area (Å²) in [5, 5.41) is 4.79. The standard InChI is InChI=1S/C40H25NO/c1-3-11-26(12-4-1)29-21-30(27-13-5-2-6-14-27)23-31(22-29)41-36-19-10-16-28-15-9-18-33(40(28)36)34-24-35-32-17-7-8-20-38(32)42-39(35)25-37(34)41/h1-25H. The topological polar surface area (TPSA) is 16.4 Å². The van der Waals surface area contributed by atoms with Crippen LogP contribution in [-0.2, 0) is 0 Å². The molecular weight excluding hydrogens is 510 g/mol. The molecule has 2 heteroatoms. The van der Waals surface area contributed by atoms with Crippen molar-refractivity contribution in [1.82, 2.24) is 0 Å². The van der Waals surface area contributed by atoms with Crippen LogP contribution in [0.15, 0.2) is 156 Å². The van der Waals surface area contributed by atoms with Crippen molar-refractivity contribution >= 4 is 49.8 Å².